The second-order valence-electron chi connectivity index (χ2n) is 12.2. The second-order valence-corrected chi connectivity index (χ2v) is 12.2. The maximum atomic E-state index is 6.38. The van der Waals surface area contributed by atoms with E-state index >= 15 is 0 Å². The number of unbranched alkanes of at least 4 members (excludes halogenated alkanes) is 24. The van der Waals surface area contributed by atoms with Crippen molar-refractivity contribution in [2.75, 3.05) is 13.1 Å². The van der Waals surface area contributed by atoms with E-state index in [0.29, 0.717) is 6.04 Å². The molecule has 3 N–H and O–H groups in total. The third kappa shape index (κ3) is 33.7. The average Bonchev–Trinajstić information content (AvgIpc) is 2.92. The molecule has 2 heteroatoms. The van der Waals surface area contributed by atoms with Crippen molar-refractivity contribution < 1.29 is 0 Å². The molecule has 0 radical (unpaired) electrons. The summed E-state index contributed by atoms with van der Waals surface area (Å²) < 4.78 is 0. The maximum absolute atomic E-state index is 6.38. The van der Waals surface area contributed by atoms with Crippen LogP contribution in [0.25, 0.3) is 0 Å². The summed E-state index contributed by atoms with van der Waals surface area (Å²) >= 11 is 0. The largest absolute Gasteiger partial charge is 0.328 e. The molecule has 0 fully saturated rings. The van der Waals surface area contributed by atoms with E-state index in [2.05, 4.69) is 31.3 Å². The lowest BCUT2D eigenvalue weighted by Gasteiger charge is -2.11. The fraction of sp³-hybridized carbons (Fsp3) is 0.944. The third-order valence-electron chi connectivity index (χ3n) is 8.27. The lowest BCUT2D eigenvalue weighted by atomic mass is 10.0. The lowest BCUT2D eigenvalue weighted by molar-refractivity contribution is 0.481. The van der Waals surface area contributed by atoms with Crippen molar-refractivity contribution in [2.24, 2.45) is 5.73 Å². The highest BCUT2D eigenvalue weighted by atomic mass is 14.8. The molecule has 0 aromatic heterocycles. The smallest absolute Gasteiger partial charge is 0.00388 e. The molecule has 0 spiro atoms. The molecular weight excluding hydrogens is 460 g/mol. The molecule has 0 saturated carbocycles. The highest BCUT2D eigenvalue weighted by molar-refractivity contribution is 4.81. The van der Waals surface area contributed by atoms with Gasteiger partial charge in [-0.3, -0.25) is 0 Å². The van der Waals surface area contributed by atoms with Crippen LogP contribution in [-0.2, 0) is 0 Å². The first-order chi connectivity index (χ1) is 18.8. The van der Waals surface area contributed by atoms with Crippen LogP contribution in [0.5, 0.6) is 0 Å². The lowest BCUT2D eigenvalue weighted by Crippen LogP contribution is -2.19. The van der Waals surface area contributed by atoms with Crippen LogP contribution in [-0.4, -0.2) is 19.1 Å². The highest BCUT2D eigenvalue weighted by Gasteiger charge is 2.02. The summed E-state index contributed by atoms with van der Waals surface area (Å²) in [5.41, 5.74) is 6.38. The van der Waals surface area contributed by atoms with Crippen LogP contribution in [0.3, 0.4) is 0 Å². The van der Waals surface area contributed by atoms with Crippen LogP contribution >= 0.6 is 0 Å². The van der Waals surface area contributed by atoms with Gasteiger partial charge < -0.3 is 11.1 Å². The zero-order chi connectivity index (χ0) is 27.6. The zero-order valence-electron chi connectivity index (χ0n) is 26.7. The Hall–Kier alpha value is -0.340. The predicted octanol–water partition coefficient (Wildman–Crippen LogP) is 11.8. The van der Waals surface area contributed by atoms with Gasteiger partial charge in [-0.05, 0) is 58.0 Å². The summed E-state index contributed by atoms with van der Waals surface area (Å²) in [4.78, 5) is 0. The first kappa shape index (κ1) is 37.7. The minimum absolute atomic E-state index is 0.452. The monoisotopic (exact) mass is 535 g/mol. The summed E-state index contributed by atoms with van der Waals surface area (Å²) in [6, 6.07) is 0.452. The molecule has 0 rings (SSSR count). The van der Waals surface area contributed by atoms with Crippen molar-refractivity contribution in [3.63, 3.8) is 0 Å². The minimum atomic E-state index is 0.452. The van der Waals surface area contributed by atoms with Gasteiger partial charge in [-0.1, -0.05) is 167 Å². The van der Waals surface area contributed by atoms with Gasteiger partial charge in [-0.15, -0.1) is 0 Å². The van der Waals surface area contributed by atoms with E-state index in [9.17, 15) is 0 Å². The van der Waals surface area contributed by atoms with Crippen molar-refractivity contribution in [3.05, 3.63) is 12.2 Å². The van der Waals surface area contributed by atoms with Crippen LogP contribution in [0.4, 0.5) is 0 Å². The Bertz CT molecular complexity index is 433. The Morgan fingerprint density at radius 2 is 0.789 bits per heavy atom. The molecule has 228 valence electrons. The fourth-order valence-corrected chi connectivity index (χ4v) is 5.58. The van der Waals surface area contributed by atoms with Gasteiger partial charge in [0.05, 0.1) is 0 Å². The van der Waals surface area contributed by atoms with Gasteiger partial charge in [0.25, 0.3) is 0 Å². The van der Waals surface area contributed by atoms with Gasteiger partial charge >= 0.3 is 0 Å². The minimum Gasteiger partial charge on any atom is -0.328 e. The van der Waals surface area contributed by atoms with Crippen LogP contribution in [0, 0.1) is 0 Å². The van der Waals surface area contributed by atoms with Gasteiger partial charge in [0.2, 0.25) is 0 Å². The summed E-state index contributed by atoms with van der Waals surface area (Å²) in [6.45, 7) is 6.80. The van der Waals surface area contributed by atoms with Crippen molar-refractivity contribution in [2.45, 2.75) is 206 Å². The van der Waals surface area contributed by atoms with Gasteiger partial charge in [0, 0.05) is 6.04 Å². The first-order valence-corrected chi connectivity index (χ1v) is 17.9. The van der Waals surface area contributed by atoms with Crippen molar-refractivity contribution in [1.82, 2.24) is 5.32 Å². The van der Waals surface area contributed by atoms with E-state index in [4.69, 9.17) is 5.73 Å². The average molecular weight is 535 g/mol. The van der Waals surface area contributed by atoms with Gasteiger partial charge in [0.15, 0.2) is 0 Å². The normalized spacial score (nSPS) is 12.6. The van der Waals surface area contributed by atoms with Crippen LogP contribution in [0.15, 0.2) is 12.2 Å². The Kier molecular flexibility index (Phi) is 34.4. The molecule has 1 unspecified atom stereocenters. The fourth-order valence-electron chi connectivity index (χ4n) is 5.58. The summed E-state index contributed by atoms with van der Waals surface area (Å²) in [5, 5.41) is 3.41. The molecule has 0 saturated heterocycles. The molecule has 0 aliphatic rings. The Labute approximate surface area is 242 Å². The Balaban J connectivity index is 3.19. The van der Waals surface area contributed by atoms with Gasteiger partial charge in [-0.25, -0.2) is 0 Å². The Morgan fingerprint density at radius 1 is 0.447 bits per heavy atom. The van der Waals surface area contributed by atoms with Crippen molar-refractivity contribution in [3.8, 4) is 0 Å². The SMILES string of the molecule is CCCCCCCCCCCCCCCCC(N)CCCCCCC/C=C\CCCCCCCCNCC. The number of hydrogen-bond acceptors (Lipinski definition) is 2. The molecule has 0 heterocycles. The summed E-state index contributed by atoms with van der Waals surface area (Å²) in [6.07, 6.45) is 45.3. The number of allylic oxidation sites excluding steroid dienone is 2. The standard InChI is InChI=1S/C36H74N2/c1-3-5-6-7-8-9-10-11-15-18-21-24-27-30-33-36(37)34-31-28-25-22-19-16-13-12-14-17-20-23-26-29-32-35-38-4-2/h12-13,36,38H,3-11,14-35,37H2,1-2H3/b13-12-. The van der Waals surface area contributed by atoms with Crippen LogP contribution in [0.2, 0.25) is 0 Å². The number of nitrogens with one attached hydrogen (secondary N) is 1. The molecule has 0 bridgehead atoms. The molecule has 38 heavy (non-hydrogen) atoms. The first-order valence-electron chi connectivity index (χ1n) is 17.9. The van der Waals surface area contributed by atoms with E-state index in [1.807, 2.05) is 0 Å². The zero-order valence-corrected chi connectivity index (χ0v) is 26.7. The summed E-state index contributed by atoms with van der Waals surface area (Å²) in [7, 11) is 0. The molecule has 2 nitrogen and oxygen atoms in total. The van der Waals surface area contributed by atoms with E-state index in [0.717, 1.165) is 6.54 Å². The molecule has 1 atom stereocenters. The Morgan fingerprint density at radius 3 is 1.18 bits per heavy atom. The number of hydrogen-bond donors (Lipinski definition) is 2. The third-order valence-corrected chi connectivity index (χ3v) is 8.27. The van der Waals surface area contributed by atoms with E-state index in [-0.39, 0.29) is 0 Å². The quantitative estimate of drug-likeness (QED) is 0.0649. The maximum Gasteiger partial charge on any atom is 0.00388 e. The molecule has 0 aromatic carbocycles. The molecular formula is C36H74N2. The summed E-state index contributed by atoms with van der Waals surface area (Å²) in [5.74, 6) is 0. The number of nitrogens with two attached hydrogens (primary N) is 1. The van der Waals surface area contributed by atoms with E-state index in [1.165, 1.54) is 193 Å². The van der Waals surface area contributed by atoms with Gasteiger partial charge in [0.1, 0.15) is 0 Å². The molecule has 0 aromatic rings. The topological polar surface area (TPSA) is 38.0 Å². The van der Waals surface area contributed by atoms with Crippen molar-refractivity contribution >= 4 is 0 Å². The molecule has 0 amide bonds. The van der Waals surface area contributed by atoms with Crippen molar-refractivity contribution in [1.29, 1.82) is 0 Å². The van der Waals surface area contributed by atoms with Gasteiger partial charge in [-0.2, -0.15) is 0 Å². The second kappa shape index (κ2) is 34.7. The number of rotatable bonds is 33. The van der Waals surface area contributed by atoms with E-state index < -0.39 is 0 Å². The molecule has 0 aliphatic heterocycles. The van der Waals surface area contributed by atoms with Crippen LogP contribution < -0.4 is 11.1 Å². The van der Waals surface area contributed by atoms with Crippen LogP contribution in [0.1, 0.15) is 200 Å². The van der Waals surface area contributed by atoms with E-state index in [1.54, 1.807) is 0 Å². The molecule has 0 aliphatic carbocycles. The predicted molar refractivity (Wildman–Crippen MR) is 175 cm³/mol. The highest BCUT2D eigenvalue weighted by Crippen LogP contribution is 2.15.